The molecule has 0 saturated carbocycles. The van der Waals surface area contributed by atoms with Gasteiger partial charge in [0.1, 0.15) is 5.82 Å². The Morgan fingerprint density at radius 2 is 2.17 bits per heavy atom. The van der Waals surface area contributed by atoms with E-state index in [-0.39, 0.29) is 11.8 Å². The zero-order chi connectivity index (χ0) is 16.8. The number of carbonyl (C=O) groups excluding carboxylic acids is 1. The number of amides is 1. The fourth-order valence-corrected chi connectivity index (χ4v) is 4.19. The van der Waals surface area contributed by atoms with E-state index >= 15 is 0 Å². The fourth-order valence-electron chi connectivity index (χ4n) is 3.18. The molecule has 0 aliphatic carbocycles. The van der Waals surface area contributed by atoms with Gasteiger partial charge in [-0.25, -0.2) is 4.68 Å². The molecule has 1 amide bonds. The second kappa shape index (κ2) is 5.76. The second-order valence-corrected chi connectivity index (χ2v) is 7.40. The quantitative estimate of drug-likeness (QED) is 0.724. The number of hydrogen-bond acceptors (Lipinski definition) is 3. The molecule has 0 fully saturated rings. The lowest BCUT2D eigenvalue weighted by molar-refractivity contribution is -0.116. The standard InChI is InChI=1S/C18H16ClN3OS/c1-10-5-6-12(8-14(10)19)22-18-17(11(2)21-22)13(9-16(23)20-18)15-4-3-7-24-15/h3-8,13H,9H2,1-2H3,(H,20,23)/t13-/m1/s1. The van der Waals surface area contributed by atoms with Crippen molar-refractivity contribution in [3.63, 3.8) is 0 Å². The van der Waals surface area contributed by atoms with Crippen LogP contribution < -0.4 is 5.32 Å². The van der Waals surface area contributed by atoms with E-state index in [1.165, 1.54) is 4.88 Å². The number of benzene rings is 1. The first-order valence-corrected chi connectivity index (χ1v) is 8.99. The molecular formula is C18H16ClN3OS. The zero-order valence-electron chi connectivity index (χ0n) is 13.3. The molecule has 1 aliphatic rings. The maximum atomic E-state index is 12.3. The third kappa shape index (κ3) is 2.44. The lowest BCUT2D eigenvalue weighted by Gasteiger charge is -2.23. The van der Waals surface area contributed by atoms with E-state index in [1.54, 1.807) is 16.0 Å². The SMILES string of the molecule is Cc1ccc(-n2nc(C)c3c2NC(=O)C[C@@H]3c2cccs2)cc1Cl. The van der Waals surface area contributed by atoms with Crippen molar-refractivity contribution in [2.75, 3.05) is 5.32 Å². The Balaban J connectivity index is 1.89. The first kappa shape index (κ1) is 15.4. The predicted molar refractivity (Wildman–Crippen MR) is 97.5 cm³/mol. The number of nitrogens with one attached hydrogen (secondary N) is 1. The minimum Gasteiger partial charge on any atom is -0.310 e. The maximum absolute atomic E-state index is 12.3. The van der Waals surface area contributed by atoms with Crippen LogP contribution in [0.25, 0.3) is 5.69 Å². The Morgan fingerprint density at radius 1 is 1.33 bits per heavy atom. The van der Waals surface area contributed by atoms with Gasteiger partial charge in [0.05, 0.1) is 11.4 Å². The smallest absolute Gasteiger partial charge is 0.226 e. The third-order valence-corrected chi connectivity index (χ3v) is 5.78. The molecule has 0 radical (unpaired) electrons. The summed E-state index contributed by atoms with van der Waals surface area (Å²) < 4.78 is 1.79. The van der Waals surface area contributed by atoms with Crippen molar-refractivity contribution in [3.8, 4) is 5.69 Å². The van der Waals surface area contributed by atoms with Gasteiger partial charge in [-0.05, 0) is 43.0 Å². The molecule has 4 rings (SSSR count). The van der Waals surface area contributed by atoms with Crippen LogP contribution in [0.5, 0.6) is 0 Å². The van der Waals surface area contributed by atoms with Gasteiger partial charge in [0.25, 0.3) is 0 Å². The van der Waals surface area contributed by atoms with Crippen LogP contribution in [-0.2, 0) is 4.79 Å². The molecule has 122 valence electrons. The summed E-state index contributed by atoms with van der Waals surface area (Å²) >= 11 is 7.94. The van der Waals surface area contributed by atoms with Crippen molar-refractivity contribution in [2.45, 2.75) is 26.2 Å². The van der Waals surface area contributed by atoms with Gasteiger partial charge in [0.15, 0.2) is 0 Å². The highest BCUT2D eigenvalue weighted by Crippen LogP contribution is 2.41. The van der Waals surface area contributed by atoms with E-state index in [0.717, 1.165) is 28.3 Å². The average Bonchev–Trinajstić information content (AvgIpc) is 3.18. The Bertz CT molecular complexity index is 930. The maximum Gasteiger partial charge on any atom is 0.226 e. The van der Waals surface area contributed by atoms with E-state index in [1.807, 2.05) is 43.5 Å². The number of fused-ring (bicyclic) bond motifs is 1. The third-order valence-electron chi connectivity index (χ3n) is 4.39. The number of hydrogen-bond donors (Lipinski definition) is 1. The van der Waals surface area contributed by atoms with Crippen LogP contribution >= 0.6 is 22.9 Å². The van der Waals surface area contributed by atoms with Crippen molar-refractivity contribution < 1.29 is 4.79 Å². The highest BCUT2D eigenvalue weighted by atomic mass is 35.5. The fraction of sp³-hybridized carbons (Fsp3) is 0.222. The predicted octanol–water partition coefficient (Wildman–Crippen LogP) is 4.68. The molecule has 1 aliphatic heterocycles. The van der Waals surface area contributed by atoms with Crippen molar-refractivity contribution in [1.82, 2.24) is 9.78 Å². The molecule has 2 aromatic heterocycles. The summed E-state index contributed by atoms with van der Waals surface area (Å²) in [6.07, 6.45) is 0.453. The van der Waals surface area contributed by atoms with Crippen LogP contribution in [-0.4, -0.2) is 15.7 Å². The van der Waals surface area contributed by atoms with Gasteiger partial charge in [0, 0.05) is 27.8 Å². The molecule has 24 heavy (non-hydrogen) atoms. The summed E-state index contributed by atoms with van der Waals surface area (Å²) in [4.78, 5) is 13.5. The number of aryl methyl sites for hydroxylation is 2. The molecule has 0 bridgehead atoms. The number of aromatic nitrogens is 2. The number of anilines is 1. The minimum absolute atomic E-state index is 0.0141. The van der Waals surface area contributed by atoms with Crippen LogP contribution in [0.2, 0.25) is 5.02 Å². The topological polar surface area (TPSA) is 46.9 Å². The van der Waals surface area contributed by atoms with Crippen molar-refractivity contribution in [3.05, 3.63) is 62.4 Å². The highest BCUT2D eigenvalue weighted by molar-refractivity contribution is 7.10. The van der Waals surface area contributed by atoms with Crippen molar-refractivity contribution in [2.24, 2.45) is 0 Å². The number of halogens is 1. The molecule has 0 saturated heterocycles. The minimum atomic E-state index is 0.0141. The van der Waals surface area contributed by atoms with E-state index in [9.17, 15) is 4.79 Å². The van der Waals surface area contributed by atoms with E-state index in [4.69, 9.17) is 11.6 Å². The molecule has 3 heterocycles. The van der Waals surface area contributed by atoms with Crippen molar-refractivity contribution >= 4 is 34.7 Å². The average molecular weight is 358 g/mol. The zero-order valence-corrected chi connectivity index (χ0v) is 14.9. The number of thiophene rings is 1. The van der Waals surface area contributed by atoms with Gasteiger partial charge in [-0.15, -0.1) is 11.3 Å². The Morgan fingerprint density at radius 3 is 2.88 bits per heavy atom. The van der Waals surface area contributed by atoms with E-state index in [0.29, 0.717) is 11.4 Å². The molecule has 0 unspecified atom stereocenters. The lowest BCUT2D eigenvalue weighted by Crippen LogP contribution is -2.24. The summed E-state index contributed by atoms with van der Waals surface area (Å²) in [5.74, 6) is 0.825. The molecule has 1 atom stereocenters. The summed E-state index contributed by atoms with van der Waals surface area (Å²) in [7, 11) is 0. The van der Waals surface area contributed by atoms with Crippen LogP contribution in [0.4, 0.5) is 5.82 Å². The van der Waals surface area contributed by atoms with Crippen LogP contribution in [0.3, 0.4) is 0 Å². The van der Waals surface area contributed by atoms with Gasteiger partial charge in [-0.2, -0.15) is 5.10 Å². The summed E-state index contributed by atoms with van der Waals surface area (Å²) in [5, 5.41) is 10.4. The second-order valence-electron chi connectivity index (χ2n) is 6.01. The Labute approximate surface area is 149 Å². The van der Waals surface area contributed by atoms with E-state index < -0.39 is 0 Å². The van der Waals surface area contributed by atoms with Gasteiger partial charge in [-0.1, -0.05) is 23.7 Å². The van der Waals surface area contributed by atoms with E-state index in [2.05, 4.69) is 16.5 Å². The molecule has 3 aromatic rings. The van der Waals surface area contributed by atoms with Crippen molar-refractivity contribution in [1.29, 1.82) is 0 Å². The van der Waals surface area contributed by atoms with Crippen LogP contribution in [0, 0.1) is 13.8 Å². The molecule has 6 heteroatoms. The summed E-state index contributed by atoms with van der Waals surface area (Å²) in [5.41, 5.74) is 3.88. The Hall–Kier alpha value is -2.11. The monoisotopic (exact) mass is 357 g/mol. The van der Waals surface area contributed by atoms with Crippen LogP contribution in [0.15, 0.2) is 35.7 Å². The molecule has 4 nitrogen and oxygen atoms in total. The number of carbonyl (C=O) groups is 1. The molecule has 1 N–H and O–H groups in total. The lowest BCUT2D eigenvalue weighted by atomic mass is 9.91. The largest absolute Gasteiger partial charge is 0.310 e. The molecule has 0 spiro atoms. The molecule has 1 aromatic carbocycles. The number of nitrogens with zero attached hydrogens (tertiary/aromatic N) is 2. The highest BCUT2D eigenvalue weighted by Gasteiger charge is 2.33. The summed E-state index contributed by atoms with van der Waals surface area (Å²) in [6.45, 7) is 3.95. The molecular weight excluding hydrogens is 342 g/mol. The van der Waals surface area contributed by atoms with Gasteiger partial charge >= 0.3 is 0 Å². The van der Waals surface area contributed by atoms with Gasteiger partial charge in [-0.3, -0.25) is 4.79 Å². The van der Waals surface area contributed by atoms with Gasteiger partial charge < -0.3 is 5.32 Å². The van der Waals surface area contributed by atoms with Gasteiger partial charge in [0.2, 0.25) is 5.91 Å². The normalized spacial score (nSPS) is 16.8. The Kier molecular flexibility index (Phi) is 3.70. The first-order chi connectivity index (χ1) is 11.5. The van der Waals surface area contributed by atoms with Crippen LogP contribution in [0.1, 0.15) is 34.0 Å². The first-order valence-electron chi connectivity index (χ1n) is 7.74. The summed E-state index contributed by atoms with van der Waals surface area (Å²) in [6, 6.07) is 9.91. The number of rotatable bonds is 2.